The molecule has 0 aliphatic rings. The third-order valence-electron chi connectivity index (χ3n) is 1.19. The van der Waals surface area contributed by atoms with Crippen LogP contribution in [0.15, 0.2) is 24.3 Å². The molecule has 0 aliphatic heterocycles. The molecule has 0 N–H and O–H groups in total. The van der Waals surface area contributed by atoms with Crippen LogP contribution in [0.2, 0.25) is 0 Å². The van der Waals surface area contributed by atoms with E-state index in [1.807, 2.05) is 18.2 Å². The van der Waals surface area contributed by atoms with Crippen LogP contribution in [-0.2, 0) is 4.79 Å². The van der Waals surface area contributed by atoms with Crippen LogP contribution in [0.5, 0.6) is 0 Å². The zero-order chi connectivity index (χ0) is 10.1. The van der Waals surface area contributed by atoms with Crippen LogP contribution >= 0.6 is 0 Å². The molecule has 0 unspecified atom stereocenters. The first kappa shape index (κ1) is 16.6. The summed E-state index contributed by atoms with van der Waals surface area (Å²) in [5, 5.41) is 8.21. The average molecular weight is 213 g/mol. The van der Waals surface area contributed by atoms with E-state index in [9.17, 15) is 4.79 Å². The van der Waals surface area contributed by atoms with Crippen molar-refractivity contribution in [2.45, 2.75) is 20.3 Å². The largest absolute Gasteiger partial charge is 1.00 e. The van der Waals surface area contributed by atoms with Crippen molar-refractivity contribution in [1.82, 2.24) is 0 Å². The van der Waals surface area contributed by atoms with Crippen LogP contribution in [0, 0.1) is 13.0 Å². The van der Waals surface area contributed by atoms with Crippen molar-refractivity contribution in [3.63, 3.8) is 0 Å². The summed E-state index contributed by atoms with van der Waals surface area (Å²) in [6.07, 6.45) is 1.57. The van der Waals surface area contributed by atoms with Gasteiger partial charge in [-0.2, -0.15) is 42.3 Å². The molecule has 0 amide bonds. The van der Waals surface area contributed by atoms with Crippen LogP contribution in [-0.4, -0.2) is 12.0 Å². The van der Waals surface area contributed by atoms with E-state index in [4.69, 9.17) is 5.41 Å². The molecule has 0 saturated carbocycles. The van der Waals surface area contributed by atoms with Crippen LogP contribution < -0.4 is 51.4 Å². The van der Waals surface area contributed by atoms with Crippen LogP contribution in [0.1, 0.15) is 18.9 Å². The fraction of sp³-hybridized carbons (Fsp3) is 0.273. The smallest absolute Gasteiger partial charge is 0.813 e. The molecule has 70 valence electrons. The first-order chi connectivity index (χ1) is 6.16. The topological polar surface area (TPSA) is 39.4 Å². The van der Waals surface area contributed by atoms with Crippen molar-refractivity contribution in [1.29, 1.82) is 0 Å². The van der Waals surface area contributed by atoms with Crippen LogP contribution in [0.4, 0.5) is 0 Å². The van der Waals surface area contributed by atoms with E-state index in [-0.39, 0.29) is 63.5 Å². The zero-order valence-corrected chi connectivity index (χ0v) is 12.0. The maximum atomic E-state index is 9.31. The van der Waals surface area contributed by atoms with Crippen molar-refractivity contribution in [2.75, 3.05) is 0 Å². The van der Waals surface area contributed by atoms with Gasteiger partial charge in [-0.15, -0.1) is 0 Å². The Kier molecular flexibility index (Phi) is 13.4. The number of hydrogen-bond acceptors (Lipinski definition) is 1. The van der Waals surface area contributed by atoms with Gasteiger partial charge in [0.2, 0.25) is 0 Å². The zero-order valence-electron chi connectivity index (χ0n) is 8.87. The molecule has 0 atom stereocenters. The van der Waals surface area contributed by atoms with E-state index in [0.717, 1.165) is 0 Å². The Morgan fingerprint density at radius 1 is 1.64 bits per heavy atom. The van der Waals surface area contributed by atoms with E-state index in [1.54, 1.807) is 0 Å². The van der Waals surface area contributed by atoms with Gasteiger partial charge < -0.3 is 10.2 Å². The molecule has 0 heterocycles. The third-order valence-corrected chi connectivity index (χ3v) is 1.19. The predicted octanol–water partition coefficient (Wildman–Crippen LogP) is -0.684. The number of benzene rings is 1. The fourth-order valence-corrected chi connectivity index (χ4v) is 0.588. The Hall–Kier alpha value is 0.196. The summed E-state index contributed by atoms with van der Waals surface area (Å²) in [5.74, 6) is 0. The Bertz CT molecular complexity index is 259. The molecule has 3 heteroatoms. The van der Waals surface area contributed by atoms with E-state index in [2.05, 4.69) is 19.1 Å². The molecule has 0 bridgehead atoms. The van der Waals surface area contributed by atoms with Crippen LogP contribution in [0.3, 0.4) is 0 Å². The van der Waals surface area contributed by atoms with Crippen molar-refractivity contribution >= 4 is 12.0 Å². The number of nitrogens with zero attached hydrogens (tertiary/aromatic N) is 1. The number of aryl methyl sites for hydroxylation is 1. The first-order valence-electron chi connectivity index (χ1n) is 3.96. The monoisotopic (exact) mass is 213 g/mol. The summed E-state index contributed by atoms with van der Waals surface area (Å²) < 4.78 is 0. The second-order valence-corrected chi connectivity index (χ2v) is 2.64. The van der Waals surface area contributed by atoms with Gasteiger partial charge in [0, 0.05) is 0 Å². The Morgan fingerprint density at radius 2 is 2.29 bits per heavy atom. The molecule has 0 aromatic heterocycles. The summed E-state index contributed by atoms with van der Waals surface area (Å²) in [5.41, 5.74) is 1.38. The van der Waals surface area contributed by atoms with Crippen LogP contribution in [0.25, 0.3) is 5.41 Å². The molecule has 14 heavy (non-hydrogen) atoms. The SMILES string of the molecule is CC(=[N-])C[C-]=O.Cc1c[c-]ccc1.[K+]. The Morgan fingerprint density at radius 3 is 2.43 bits per heavy atom. The van der Waals surface area contributed by atoms with E-state index in [0.29, 0.717) is 0 Å². The Balaban J connectivity index is 0. The number of rotatable bonds is 2. The van der Waals surface area contributed by atoms with Gasteiger partial charge >= 0.3 is 51.4 Å². The average Bonchev–Trinajstić information content (AvgIpc) is 2.06. The van der Waals surface area contributed by atoms with Gasteiger partial charge in [0.15, 0.2) is 0 Å². The second kappa shape index (κ2) is 11.3. The molecule has 0 aliphatic carbocycles. The maximum Gasteiger partial charge on any atom is 1.00 e. The Labute approximate surface area is 128 Å². The van der Waals surface area contributed by atoms with E-state index < -0.39 is 0 Å². The van der Waals surface area contributed by atoms with Gasteiger partial charge in [-0.25, -0.2) is 5.71 Å². The molecule has 1 aromatic rings. The molecular weight excluding hydrogens is 201 g/mol. The standard InChI is InChI=1S/C7H7.C4H5NO.K/c1-7-5-3-2-4-6-7;1-4(5)2-3-6;/h2-3,5-6H,1H3;2H2,1H3;/q-1;-2;+1. The normalized spacial score (nSPS) is 7.57. The number of carbonyl (C=O) groups excluding carboxylic acids is 1. The first-order valence-corrected chi connectivity index (χ1v) is 3.96. The summed E-state index contributed by atoms with van der Waals surface area (Å²) in [6, 6.07) is 10.8. The van der Waals surface area contributed by atoms with Crippen molar-refractivity contribution in [2.24, 2.45) is 0 Å². The molecular formula is C11H12KNO-2. The van der Waals surface area contributed by atoms with Gasteiger partial charge in [0.05, 0.1) is 0 Å². The molecule has 2 nitrogen and oxygen atoms in total. The van der Waals surface area contributed by atoms with Crippen molar-refractivity contribution < 1.29 is 56.2 Å². The summed E-state index contributed by atoms with van der Waals surface area (Å²) >= 11 is 0. The van der Waals surface area contributed by atoms with Crippen molar-refractivity contribution in [3.8, 4) is 0 Å². The molecule has 0 saturated heterocycles. The van der Waals surface area contributed by atoms with E-state index >= 15 is 0 Å². The minimum Gasteiger partial charge on any atom is -0.813 e. The molecule has 0 radical (unpaired) electrons. The molecule has 1 aromatic carbocycles. The second-order valence-electron chi connectivity index (χ2n) is 2.64. The predicted molar refractivity (Wildman–Crippen MR) is 54.4 cm³/mol. The summed E-state index contributed by atoms with van der Waals surface area (Å²) in [6.45, 7) is 3.52. The minimum absolute atomic E-state index is 0. The maximum absolute atomic E-state index is 9.31. The molecule has 0 fully saturated rings. The van der Waals surface area contributed by atoms with Crippen molar-refractivity contribution in [3.05, 3.63) is 41.3 Å². The van der Waals surface area contributed by atoms with Gasteiger partial charge in [-0.05, 0) is 0 Å². The summed E-state index contributed by atoms with van der Waals surface area (Å²) in [7, 11) is 0. The van der Waals surface area contributed by atoms with Gasteiger partial charge in [-0.1, -0.05) is 13.8 Å². The van der Waals surface area contributed by atoms with Gasteiger partial charge in [0.25, 0.3) is 0 Å². The third kappa shape index (κ3) is 12.2. The molecule has 1 rings (SSSR count). The quantitative estimate of drug-likeness (QED) is 0.364. The molecule has 0 spiro atoms. The fourth-order valence-electron chi connectivity index (χ4n) is 0.588. The van der Waals surface area contributed by atoms with E-state index in [1.165, 1.54) is 18.8 Å². The van der Waals surface area contributed by atoms with Gasteiger partial charge in [0.1, 0.15) is 0 Å². The summed E-state index contributed by atoms with van der Waals surface area (Å²) in [4.78, 5) is 9.31. The number of hydrogen-bond donors (Lipinski definition) is 0. The van der Waals surface area contributed by atoms with Gasteiger partial charge in [-0.3, -0.25) is 6.29 Å². The minimum atomic E-state index is 0.